The van der Waals surface area contributed by atoms with E-state index >= 15 is 0 Å². The van der Waals surface area contributed by atoms with Crippen LogP contribution in [0.5, 0.6) is 0 Å². The van der Waals surface area contributed by atoms with Crippen molar-refractivity contribution in [1.82, 2.24) is 0 Å². The molecule has 3 heteroatoms. The van der Waals surface area contributed by atoms with Gasteiger partial charge in [0.1, 0.15) is 10.0 Å². The van der Waals surface area contributed by atoms with Gasteiger partial charge in [0.05, 0.1) is 0 Å². The van der Waals surface area contributed by atoms with Crippen molar-refractivity contribution in [2.45, 2.75) is 6.92 Å². The fraction of sp³-hybridized carbons (Fsp3) is 1.00. The van der Waals surface area contributed by atoms with Crippen molar-refractivity contribution in [2.24, 2.45) is 0 Å². The summed E-state index contributed by atoms with van der Waals surface area (Å²) < 4.78 is 9.69. The largest absolute Gasteiger partial charge is 0.243 e. The minimum absolute atomic E-state index is 0.543. The van der Waals surface area contributed by atoms with E-state index in [1.54, 1.807) is 6.92 Å². The van der Waals surface area contributed by atoms with Crippen molar-refractivity contribution < 1.29 is 4.21 Å². The van der Waals surface area contributed by atoms with Gasteiger partial charge >= 0.3 is 0 Å². The first-order chi connectivity index (χ1) is 2.27. The fourth-order valence-corrected chi connectivity index (χ4v) is 0. The van der Waals surface area contributed by atoms with Gasteiger partial charge in [0.15, 0.2) is 0 Å². The Balaban J connectivity index is 2.85. The van der Waals surface area contributed by atoms with E-state index in [2.05, 4.69) is 0 Å². The molecule has 0 spiro atoms. The summed E-state index contributed by atoms with van der Waals surface area (Å²) in [5.74, 6) is 0.543. The normalized spacial score (nSPS) is 14.8. The molecule has 0 amide bonds. The van der Waals surface area contributed by atoms with Gasteiger partial charge in [-0.25, -0.2) is 4.21 Å². The van der Waals surface area contributed by atoms with Crippen LogP contribution in [0, 0.1) is 0 Å². The zero-order valence-electron chi connectivity index (χ0n) is 2.90. The lowest BCUT2D eigenvalue weighted by Crippen LogP contribution is -1.75. The summed E-state index contributed by atoms with van der Waals surface area (Å²) in [5.41, 5.74) is 0. The molecule has 0 saturated heterocycles. The summed E-state index contributed by atoms with van der Waals surface area (Å²) >= 11 is 0. The molecule has 32 valence electrons. The van der Waals surface area contributed by atoms with E-state index in [9.17, 15) is 4.21 Å². The zero-order valence-corrected chi connectivity index (χ0v) is 4.47. The second-order valence-electron chi connectivity index (χ2n) is 0.579. The van der Waals surface area contributed by atoms with Crippen molar-refractivity contribution in [1.29, 1.82) is 0 Å². The van der Waals surface area contributed by atoms with Gasteiger partial charge in [-0.2, -0.15) is 0 Å². The van der Waals surface area contributed by atoms with Crippen molar-refractivity contribution in [3.8, 4) is 0 Å². The molecule has 0 heterocycles. The molecule has 0 saturated carbocycles. The van der Waals surface area contributed by atoms with Crippen LogP contribution in [0.4, 0.5) is 0 Å². The Kier molecular flexibility index (Phi) is 2.90. The fourth-order valence-electron chi connectivity index (χ4n) is 0. The van der Waals surface area contributed by atoms with Gasteiger partial charge in [-0.3, -0.25) is 0 Å². The first-order valence-corrected chi connectivity index (χ1v) is 3.46. The summed E-state index contributed by atoms with van der Waals surface area (Å²) in [4.78, 5) is 0. The molecule has 1 unspecified atom stereocenters. The first-order valence-electron chi connectivity index (χ1n) is 1.32. The van der Waals surface area contributed by atoms with Crippen molar-refractivity contribution in [2.75, 3.05) is 5.75 Å². The highest BCUT2D eigenvalue weighted by Crippen LogP contribution is 1.82. The summed E-state index contributed by atoms with van der Waals surface area (Å²) in [5, 5.41) is 0. The van der Waals surface area contributed by atoms with Crippen LogP contribution >= 0.6 is 10.7 Å². The van der Waals surface area contributed by atoms with Gasteiger partial charge in [0.25, 0.3) is 0 Å². The standard InChI is InChI=1S/C2H5ClOS/c1-2-5(3)4/h2H2,1H3. The molecule has 0 fully saturated rings. The van der Waals surface area contributed by atoms with Crippen LogP contribution in [0.1, 0.15) is 6.92 Å². The third kappa shape index (κ3) is 4.44. The molecule has 0 aliphatic carbocycles. The smallest absolute Gasteiger partial charge is 0.114 e. The lowest BCUT2D eigenvalue weighted by molar-refractivity contribution is 0.692. The summed E-state index contributed by atoms with van der Waals surface area (Å²) in [7, 11) is 3.83. The van der Waals surface area contributed by atoms with Gasteiger partial charge in [-0.15, -0.1) is 0 Å². The van der Waals surface area contributed by atoms with Crippen LogP contribution in [0.2, 0.25) is 0 Å². The molecule has 1 nitrogen and oxygen atoms in total. The maximum absolute atomic E-state index is 9.69. The third-order valence-electron chi connectivity index (χ3n) is 0.227. The van der Waals surface area contributed by atoms with E-state index in [0.717, 1.165) is 0 Å². The Bertz CT molecular complexity index is 44.9. The summed E-state index contributed by atoms with van der Waals surface area (Å²) in [6.45, 7) is 1.77. The maximum Gasteiger partial charge on any atom is 0.114 e. The van der Waals surface area contributed by atoms with Crippen molar-refractivity contribution in [3.05, 3.63) is 0 Å². The second kappa shape index (κ2) is 2.67. The molecule has 1 atom stereocenters. The summed E-state index contributed by atoms with van der Waals surface area (Å²) in [6.07, 6.45) is 0. The minimum Gasteiger partial charge on any atom is -0.243 e. The van der Waals surface area contributed by atoms with E-state index in [0.29, 0.717) is 5.75 Å². The lowest BCUT2D eigenvalue weighted by Gasteiger charge is -1.70. The Morgan fingerprint density at radius 3 is 2.20 bits per heavy atom. The van der Waals surface area contributed by atoms with Gasteiger partial charge in [0.2, 0.25) is 0 Å². The number of hydrogen-bond donors (Lipinski definition) is 0. The third-order valence-corrected chi connectivity index (χ3v) is 1.34. The van der Waals surface area contributed by atoms with Crippen LogP contribution in [0.3, 0.4) is 0 Å². The molecular formula is C2H5ClOS. The van der Waals surface area contributed by atoms with Gasteiger partial charge in [0, 0.05) is 5.75 Å². The minimum atomic E-state index is -1.10. The number of halogens is 1. The molecule has 0 N–H and O–H groups in total. The number of hydrogen-bond acceptors (Lipinski definition) is 1. The van der Waals surface area contributed by atoms with Crippen molar-refractivity contribution in [3.63, 3.8) is 0 Å². The highest BCUT2D eigenvalue weighted by Gasteiger charge is 1.77. The lowest BCUT2D eigenvalue weighted by atomic mass is 11.0. The monoisotopic (exact) mass is 112 g/mol. The average Bonchev–Trinajstić information content (AvgIpc) is 1.38. The SMILES string of the molecule is CCS(=O)Cl. The first kappa shape index (κ1) is 5.44. The van der Waals surface area contributed by atoms with Crippen LogP contribution in [0.15, 0.2) is 0 Å². The van der Waals surface area contributed by atoms with Crippen LogP contribution < -0.4 is 0 Å². The molecule has 0 radical (unpaired) electrons. The van der Waals surface area contributed by atoms with E-state index in [-0.39, 0.29) is 0 Å². The molecule has 0 aromatic rings. The molecule has 0 bridgehead atoms. The highest BCUT2D eigenvalue weighted by molar-refractivity contribution is 8.08. The van der Waals surface area contributed by atoms with Crippen molar-refractivity contribution >= 4 is 20.7 Å². The average molecular weight is 113 g/mol. The topological polar surface area (TPSA) is 17.1 Å². The molecule has 0 aliphatic heterocycles. The van der Waals surface area contributed by atoms with Crippen LogP contribution in [-0.2, 0) is 10.0 Å². The van der Waals surface area contributed by atoms with E-state index in [4.69, 9.17) is 10.7 Å². The number of rotatable bonds is 1. The molecule has 0 aromatic carbocycles. The Hall–Kier alpha value is 0.440. The zero-order chi connectivity index (χ0) is 4.28. The Labute approximate surface area is 38.3 Å². The van der Waals surface area contributed by atoms with Gasteiger partial charge < -0.3 is 0 Å². The highest BCUT2D eigenvalue weighted by atomic mass is 35.7. The molecule has 5 heavy (non-hydrogen) atoms. The Morgan fingerprint density at radius 1 is 2.00 bits per heavy atom. The second-order valence-corrected chi connectivity index (χ2v) is 2.77. The maximum atomic E-state index is 9.69. The van der Waals surface area contributed by atoms with Gasteiger partial charge in [-0.1, -0.05) is 6.92 Å². The van der Waals surface area contributed by atoms with Crippen LogP contribution in [-0.4, -0.2) is 9.96 Å². The molecule has 0 aromatic heterocycles. The molecule has 0 aliphatic rings. The quantitative estimate of drug-likeness (QED) is 0.461. The van der Waals surface area contributed by atoms with E-state index in [1.165, 1.54) is 0 Å². The predicted octanol–water partition coefficient (Wildman–Crippen LogP) is 0.909. The molecule has 0 rings (SSSR count). The van der Waals surface area contributed by atoms with Crippen LogP contribution in [0.25, 0.3) is 0 Å². The van der Waals surface area contributed by atoms with Gasteiger partial charge in [-0.05, 0) is 10.7 Å². The Morgan fingerprint density at radius 2 is 2.20 bits per heavy atom. The van der Waals surface area contributed by atoms with E-state index in [1.807, 2.05) is 0 Å². The predicted molar refractivity (Wildman–Crippen MR) is 24.5 cm³/mol. The summed E-state index contributed by atoms with van der Waals surface area (Å²) in [6, 6.07) is 0. The van der Waals surface area contributed by atoms with E-state index < -0.39 is 10.0 Å². The molecular weight excluding hydrogens is 108 g/mol.